The van der Waals surface area contributed by atoms with E-state index in [4.69, 9.17) is 4.74 Å². The van der Waals surface area contributed by atoms with Crippen LogP contribution in [0.4, 0.5) is 4.79 Å². The molecule has 5 N–H and O–H groups in total. The highest BCUT2D eigenvalue weighted by Gasteiger charge is 2.44. The van der Waals surface area contributed by atoms with Crippen LogP contribution in [-0.4, -0.2) is 94.8 Å². The number of rotatable bonds is 10. The molecule has 14 nitrogen and oxygen atoms in total. The number of amides is 6. The first-order valence-electron chi connectivity index (χ1n) is 23.3. The number of fused-ring (bicyclic) bond motifs is 3. The summed E-state index contributed by atoms with van der Waals surface area (Å²) in [6.45, 7) is 12.8. The van der Waals surface area contributed by atoms with E-state index in [0.717, 1.165) is 49.7 Å². The number of nitrogens with one attached hydrogen (secondary N) is 5. The summed E-state index contributed by atoms with van der Waals surface area (Å²) >= 11 is 0. The number of hydrogen-bond donors (Lipinski definition) is 5. The van der Waals surface area contributed by atoms with Crippen LogP contribution in [0.5, 0.6) is 0 Å². The molecule has 7 rings (SSSR count). The molecule has 4 aliphatic rings. The maximum absolute atomic E-state index is 15.0. The lowest BCUT2D eigenvalue weighted by Gasteiger charge is -2.42. The lowest BCUT2D eigenvalue weighted by Crippen LogP contribution is -2.62. The van der Waals surface area contributed by atoms with Crippen LogP contribution in [0.3, 0.4) is 0 Å². The van der Waals surface area contributed by atoms with Gasteiger partial charge in [0.25, 0.3) is 5.91 Å². The number of carbonyl (C=O) groups excluding carboxylic acids is 6. The summed E-state index contributed by atoms with van der Waals surface area (Å²) in [6.07, 6.45) is 5.46. The number of aryl methyl sites for hydroxylation is 2. The monoisotopic (exact) mass is 890 g/mol. The Morgan fingerprint density at radius 2 is 1.37 bits per heavy atom. The molecule has 2 aliphatic carbocycles. The second-order valence-electron chi connectivity index (χ2n) is 20.4. The minimum Gasteiger partial charge on any atom is -0.444 e. The first-order valence-corrected chi connectivity index (χ1v) is 23.3. The molecule has 0 aromatic heterocycles. The Labute approximate surface area is 383 Å². The first kappa shape index (κ1) is 47.2. The number of carbonyl (C=O) groups is 6. The van der Waals surface area contributed by atoms with Crippen LogP contribution in [0.1, 0.15) is 136 Å². The zero-order chi connectivity index (χ0) is 46.8. The van der Waals surface area contributed by atoms with Gasteiger partial charge in [-0.15, -0.1) is 0 Å². The number of hydrogen-bond acceptors (Lipinski definition) is 8. The van der Waals surface area contributed by atoms with Gasteiger partial charge in [-0.25, -0.2) is 4.79 Å². The average molecular weight is 890 g/mol. The molecule has 348 valence electrons. The van der Waals surface area contributed by atoms with Gasteiger partial charge in [-0.3, -0.25) is 28.9 Å². The van der Waals surface area contributed by atoms with Crippen LogP contribution in [0, 0.1) is 5.41 Å². The Hall–Kier alpha value is -5.76. The standard InChI is InChI=1S/C51H67N7O7/c1-30(57(8)49(64)65-51(5,6)7)44(59)56-43(50(2,3)4)48(63)58-29-35-25-34(24-23-33(35)26-42(58)47(62)55-40-22-14-18-32-16-10-12-20-38(32)40)45(60)53-36-27-41(52-28-36)46(61)54-39-21-13-17-31-15-9-11-19-37(31)39/h9-12,15-16,19-20,23-25,30,36,39-43,52H,13-14,17-18,21-22,26-29H2,1-8H3,(H,53,60)(H,54,61)(H,55,62)(H,56,59)/t30-,36-,39+,40+,41-,42-,43+/m0/s1. The van der Waals surface area contributed by atoms with Crippen molar-refractivity contribution in [2.75, 3.05) is 13.6 Å². The van der Waals surface area contributed by atoms with Crippen molar-refractivity contribution in [2.24, 2.45) is 5.41 Å². The maximum atomic E-state index is 15.0. The number of benzene rings is 3. The topological polar surface area (TPSA) is 178 Å². The SMILES string of the molecule is C[C@@H](C(=O)N[C@H](C(=O)N1Cc2cc(C(=O)N[C@@H]3CN[C@H](C(=O)N[C@@H]4CCCc5ccccc54)C3)ccc2C[C@H]1C(=O)N[C@@H]1CCCc2ccccc21)C(C)(C)C)N(C)C(=O)OC(C)(C)C. The summed E-state index contributed by atoms with van der Waals surface area (Å²) in [7, 11) is 1.47. The average Bonchev–Trinajstić information content (AvgIpc) is 3.74. The molecule has 1 saturated heterocycles. The molecule has 2 aliphatic heterocycles. The Bertz CT molecular complexity index is 2300. The maximum Gasteiger partial charge on any atom is 0.410 e. The molecular formula is C51H67N7O7. The third-order valence-corrected chi connectivity index (χ3v) is 13.4. The van der Waals surface area contributed by atoms with E-state index in [1.807, 2.05) is 57.2 Å². The normalized spacial score (nSPS) is 22.5. The van der Waals surface area contributed by atoms with Crippen molar-refractivity contribution >= 4 is 35.6 Å². The fourth-order valence-corrected chi connectivity index (χ4v) is 9.60. The molecule has 1 fully saturated rings. The zero-order valence-corrected chi connectivity index (χ0v) is 39.2. The van der Waals surface area contributed by atoms with Crippen molar-refractivity contribution in [3.8, 4) is 0 Å². The van der Waals surface area contributed by atoms with Crippen molar-refractivity contribution in [1.29, 1.82) is 0 Å². The van der Waals surface area contributed by atoms with Crippen molar-refractivity contribution in [2.45, 2.75) is 154 Å². The van der Waals surface area contributed by atoms with Gasteiger partial charge in [-0.2, -0.15) is 0 Å². The van der Waals surface area contributed by atoms with E-state index in [2.05, 4.69) is 44.8 Å². The summed E-state index contributed by atoms with van der Waals surface area (Å²) in [5, 5.41) is 15.8. The minimum absolute atomic E-state index is 0.0158. The Kier molecular flexibility index (Phi) is 14.1. The van der Waals surface area contributed by atoms with Crippen LogP contribution in [0.2, 0.25) is 0 Å². The van der Waals surface area contributed by atoms with Crippen molar-refractivity contribution in [3.05, 3.63) is 106 Å². The van der Waals surface area contributed by atoms with Crippen LogP contribution < -0.4 is 26.6 Å². The van der Waals surface area contributed by atoms with E-state index in [1.54, 1.807) is 39.8 Å². The van der Waals surface area contributed by atoms with Gasteiger partial charge in [0, 0.05) is 38.2 Å². The van der Waals surface area contributed by atoms with E-state index in [-0.39, 0.29) is 48.8 Å². The van der Waals surface area contributed by atoms with Crippen LogP contribution in [0.15, 0.2) is 66.7 Å². The lowest BCUT2D eigenvalue weighted by atomic mass is 9.83. The fraction of sp³-hybridized carbons (Fsp3) is 0.529. The van der Waals surface area contributed by atoms with Gasteiger partial charge in [0.15, 0.2) is 0 Å². The summed E-state index contributed by atoms with van der Waals surface area (Å²) in [5.41, 5.74) is 5.05. The van der Waals surface area contributed by atoms with Crippen LogP contribution >= 0.6 is 0 Å². The summed E-state index contributed by atoms with van der Waals surface area (Å²) in [5.74, 6) is -1.70. The largest absolute Gasteiger partial charge is 0.444 e. The van der Waals surface area contributed by atoms with Crippen molar-refractivity contribution < 1.29 is 33.5 Å². The van der Waals surface area contributed by atoms with Gasteiger partial charge < -0.3 is 36.2 Å². The Morgan fingerprint density at radius 3 is 1.97 bits per heavy atom. The second kappa shape index (κ2) is 19.4. The molecule has 0 bridgehead atoms. The molecule has 7 atom stereocenters. The molecule has 3 aromatic rings. The molecule has 0 unspecified atom stereocenters. The highest BCUT2D eigenvalue weighted by molar-refractivity contribution is 5.96. The second-order valence-corrected chi connectivity index (χ2v) is 20.4. The number of nitrogens with zero attached hydrogens (tertiary/aromatic N) is 2. The molecule has 0 spiro atoms. The molecule has 0 saturated carbocycles. The summed E-state index contributed by atoms with van der Waals surface area (Å²) in [4.78, 5) is 86.4. The van der Waals surface area contributed by atoms with E-state index in [0.29, 0.717) is 24.1 Å². The van der Waals surface area contributed by atoms with E-state index in [1.165, 1.54) is 33.5 Å². The van der Waals surface area contributed by atoms with Crippen LogP contribution in [0.25, 0.3) is 0 Å². The third-order valence-electron chi connectivity index (χ3n) is 13.4. The zero-order valence-electron chi connectivity index (χ0n) is 39.2. The molecule has 2 heterocycles. The number of likely N-dealkylation sites (N-methyl/N-ethyl adjacent to an activating group) is 1. The van der Waals surface area contributed by atoms with Crippen molar-refractivity contribution in [1.82, 2.24) is 36.4 Å². The van der Waals surface area contributed by atoms with Gasteiger partial charge in [0.1, 0.15) is 23.7 Å². The Balaban J connectivity index is 1.08. The molecule has 14 heteroatoms. The summed E-state index contributed by atoms with van der Waals surface area (Å²) < 4.78 is 5.50. The third kappa shape index (κ3) is 11.0. The van der Waals surface area contributed by atoms with E-state index >= 15 is 4.79 Å². The van der Waals surface area contributed by atoms with E-state index < -0.39 is 53.1 Å². The minimum atomic E-state index is -1.09. The highest BCUT2D eigenvalue weighted by Crippen LogP contribution is 2.33. The summed E-state index contributed by atoms with van der Waals surface area (Å²) in [6, 6.07) is 17.7. The van der Waals surface area contributed by atoms with Gasteiger partial charge >= 0.3 is 6.09 Å². The first-order chi connectivity index (χ1) is 30.8. The van der Waals surface area contributed by atoms with Crippen LogP contribution in [-0.2, 0) is 49.7 Å². The smallest absolute Gasteiger partial charge is 0.410 e. The molecule has 3 aromatic carbocycles. The molecular weight excluding hydrogens is 823 g/mol. The van der Waals surface area contributed by atoms with Gasteiger partial charge in [-0.05, 0) is 124 Å². The predicted molar refractivity (Wildman–Crippen MR) is 248 cm³/mol. The van der Waals surface area contributed by atoms with E-state index in [9.17, 15) is 24.0 Å². The molecule has 0 radical (unpaired) electrons. The Morgan fingerprint density at radius 1 is 0.769 bits per heavy atom. The van der Waals surface area contributed by atoms with Gasteiger partial charge in [0.05, 0.1) is 18.1 Å². The lowest BCUT2D eigenvalue weighted by molar-refractivity contribution is -0.147. The molecule has 65 heavy (non-hydrogen) atoms. The molecule has 6 amide bonds. The van der Waals surface area contributed by atoms with Gasteiger partial charge in [-0.1, -0.05) is 75.4 Å². The fourth-order valence-electron chi connectivity index (χ4n) is 9.60. The van der Waals surface area contributed by atoms with Gasteiger partial charge in [0.2, 0.25) is 23.6 Å². The predicted octanol–water partition coefficient (Wildman–Crippen LogP) is 5.57. The number of ether oxygens (including phenoxy) is 1. The quantitative estimate of drug-likeness (QED) is 0.175. The highest BCUT2D eigenvalue weighted by atomic mass is 16.6. The van der Waals surface area contributed by atoms with Crippen molar-refractivity contribution in [3.63, 3.8) is 0 Å².